The second-order valence-corrected chi connectivity index (χ2v) is 3.99. The van der Waals surface area contributed by atoms with Crippen LogP contribution in [0.1, 0.15) is 5.56 Å². The highest BCUT2D eigenvalue weighted by Crippen LogP contribution is 2.26. The molecule has 6 heteroatoms. The van der Waals surface area contributed by atoms with Crippen molar-refractivity contribution in [1.82, 2.24) is 4.98 Å². The minimum Gasteiger partial charge on any atom is -0.465 e. The van der Waals surface area contributed by atoms with Crippen molar-refractivity contribution in [2.24, 2.45) is 5.73 Å². The number of benzene rings is 1. The molecule has 2 rings (SSSR count). The quantitative estimate of drug-likeness (QED) is 0.724. The van der Waals surface area contributed by atoms with Crippen LogP contribution in [0.15, 0.2) is 18.2 Å². The fraction of sp³-hybridized carbons (Fsp3) is 0.111. The molecule has 0 saturated heterocycles. The van der Waals surface area contributed by atoms with Crippen LogP contribution >= 0.6 is 11.3 Å². The lowest BCUT2D eigenvalue weighted by atomic mass is 10.2. The van der Waals surface area contributed by atoms with Crippen LogP contribution < -0.4 is 11.1 Å². The van der Waals surface area contributed by atoms with E-state index >= 15 is 0 Å². The van der Waals surface area contributed by atoms with Gasteiger partial charge in [-0.2, -0.15) is 0 Å². The monoisotopic (exact) mass is 223 g/mol. The molecule has 5 nitrogen and oxygen atoms in total. The predicted octanol–water partition coefficient (Wildman–Crippen LogP) is 1.84. The molecule has 0 unspecified atom stereocenters. The number of fused-ring (bicyclic) bond motifs is 1. The fourth-order valence-corrected chi connectivity index (χ4v) is 2.16. The van der Waals surface area contributed by atoms with Gasteiger partial charge in [0, 0.05) is 6.54 Å². The summed E-state index contributed by atoms with van der Waals surface area (Å²) >= 11 is 1.30. The highest BCUT2D eigenvalue weighted by molar-refractivity contribution is 7.22. The van der Waals surface area contributed by atoms with E-state index in [1.54, 1.807) is 0 Å². The number of aromatic nitrogens is 1. The van der Waals surface area contributed by atoms with Gasteiger partial charge in [-0.3, -0.25) is 5.32 Å². The molecule has 0 atom stereocenters. The number of hydrogen-bond acceptors (Lipinski definition) is 4. The normalized spacial score (nSPS) is 10.5. The van der Waals surface area contributed by atoms with E-state index in [-0.39, 0.29) is 0 Å². The van der Waals surface area contributed by atoms with Gasteiger partial charge in [0.15, 0.2) is 5.13 Å². The highest BCUT2D eigenvalue weighted by Gasteiger charge is 2.06. The fourth-order valence-electron chi connectivity index (χ4n) is 1.24. The lowest BCUT2D eigenvalue weighted by Gasteiger charge is -1.93. The number of anilines is 1. The average Bonchev–Trinajstić information content (AvgIpc) is 2.57. The Morgan fingerprint density at radius 3 is 3.07 bits per heavy atom. The smallest absolute Gasteiger partial charge is 0.410 e. The Morgan fingerprint density at radius 2 is 2.40 bits per heavy atom. The van der Waals surface area contributed by atoms with Crippen LogP contribution in [0.4, 0.5) is 9.93 Å². The minimum absolute atomic E-state index is 0.381. The second kappa shape index (κ2) is 3.84. The van der Waals surface area contributed by atoms with E-state index in [1.807, 2.05) is 18.2 Å². The molecule has 1 aromatic carbocycles. The van der Waals surface area contributed by atoms with Gasteiger partial charge in [-0.15, -0.1) is 0 Å². The van der Waals surface area contributed by atoms with Crippen molar-refractivity contribution in [2.45, 2.75) is 6.54 Å². The van der Waals surface area contributed by atoms with Gasteiger partial charge in [0.25, 0.3) is 0 Å². The number of carboxylic acid groups (broad SMARTS) is 1. The minimum atomic E-state index is -1.10. The Balaban J connectivity index is 2.42. The largest absolute Gasteiger partial charge is 0.465 e. The Morgan fingerprint density at radius 1 is 1.60 bits per heavy atom. The molecule has 1 aromatic heterocycles. The molecule has 4 N–H and O–H groups in total. The van der Waals surface area contributed by atoms with Crippen molar-refractivity contribution in [3.63, 3.8) is 0 Å². The van der Waals surface area contributed by atoms with Crippen molar-refractivity contribution in [1.29, 1.82) is 0 Å². The third-order valence-electron chi connectivity index (χ3n) is 1.90. The van der Waals surface area contributed by atoms with E-state index in [4.69, 9.17) is 10.8 Å². The Kier molecular flexibility index (Phi) is 2.53. The van der Waals surface area contributed by atoms with Gasteiger partial charge in [-0.1, -0.05) is 17.4 Å². The van der Waals surface area contributed by atoms with E-state index < -0.39 is 6.09 Å². The maximum absolute atomic E-state index is 10.4. The van der Waals surface area contributed by atoms with Crippen molar-refractivity contribution in [3.8, 4) is 0 Å². The number of carbonyl (C=O) groups is 1. The summed E-state index contributed by atoms with van der Waals surface area (Å²) < 4.78 is 0.932. The summed E-state index contributed by atoms with van der Waals surface area (Å²) in [6.07, 6.45) is -1.10. The number of nitrogens with two attached hydrogens (primary N) is 1. The van der Waals surface area contributed by atoms with Gasteiger partial charge < -0.3 is 10.8 Å². The topological polar surface area (TPSA) is 88.2 Å². The van der Waals surface area contributed by atoms with Gasteiger partial charge in [0.1, 0.15) is 0 Å². The Bertz CT molecular complexity index is 509. The second-order valence-electron chi connectivity index (χ2n) is 2.96. The molecule has 0 spiro atoms. The highest BCUT2D eigenvalue weighted by atomic mass is 32.1. The third-order valence-corrected chi connectivity index (χ3v) is 2.84. The van der Waals surface area contributed by atoms with Crippen LogP contribution in [-0.4, -0.2) is 16.2 Å². The van der Waals surface area contributed by atoms with Gasteiger partial charge in [0.2, 0.25) is 0 Å². The van der Waals surface area contributed by atoms with Gasteiger partial charge in [0.05, 0.1) is 10.2 Å². The maximum Gasteiger partial charge on any atom is 0.410 e. The summed E-state index contributed by atoms with van der Waals surface area (Å²) in [7, 11) is 0. The third kappa shape index (κ3) is 2.05. The summed E-state index contributed by atoms with van der Waals surface area (Å²) in [5, 5.41) is 11.1. The molecule has 0 bridgehead atoms. The standard InChI is InChI=1S/C9H9N3O2S/c10-4-5-1-2-6-7(3-5)15-8(11-6)12-9(13)14/h1-3H,4,10H2,(H,11,12)(H,13,14). The molecular weight excluding hydrogens is 214 g/mol. The molecule has 0 aliphatic carbocycles. The zero-order chi connectivity index (χ0) is 10.8. The first-order valence-electron chi connectivity index (χ1n) is 4.28. The van der Waals surface area contributed by atoms with E-state index in [0.717, 1.165) is 15.8 Å². The van der Waals surface area contributed by atoms with E-state index in [0.29, 0.717) is 11.7 Å². The molecule has 1 amide bonds. The van der Waals surface area contributed by atoms with Gasteiger partial charge >= 0.3 is 6.09 Å². The molecule has 0 fully saturated rings. The van der Waals surface area contributed by atoms with Crippen molar-refractivity contribution in [3.05, 3.63) is 23.8 Å². The molecule has 0 saturated carbocycles. The van der Waals surface area contributed by atoms with E-state index in [9.17, 15) is 4.79 Å². The molecule has 0 radical (unpaired) electrons. The molecule has 0 aliphatic rings. The molecule has 15 heavy (non-hydrogen) atoms. The molecule has 78 valence electrons. The summed E-state index contributed by atoms with van der Waals surface area (Å²) in [5.41, 5.74) is 7.29. The first-order chi connectivity index (χ1) is 7.19. The van der Waals surface area contributed by atoms with Crippen LogP contribution in [0.3, 0.4) is 0 Å². The zero-order valence-corrected chi connectivity index (χ0v) is 8.54. The number of thiazole rings is 1. The van der Waals surface area contributed by atoms with E-state index in [2.05, 4.69) is 10.3 Å². The molecule has 1 heterocycles. The molecular formula is C9H9N3O2S. The SMILES string of the molecule is NCc1ccc2nc(NC(=O)O)sc2c1. The van der Waals surface area contributed by atoms with E-state index in [1.165, 1.54) is 11.3 Å². The lowest BCUT2D eigenvalue weighted by molar-refractivity contribution is 0.210. The first kappa shape index (κ1) is 9.88. The summed E-state index contributed by atoms with van der Waals surface area (Å²) in [6, 6.07) is 5.63. The predicted molar refractivity (Wildman–Crippen MR) is 59.2 cm³/mol. The number of nitrogens with one attached hydrogen (secondary N) is 1. The number of rotatable bonds is 2. The van der Waals surface area contributed by atoms with Crippen LogP contribution in [0.5, 0.6) is 0 Å². The van der Waals surface area contributed by atoms with Crippen molar-refractivity contribution < 1.29 is 9.90 Å². The van der Waals surface area contributed by atoms with Crippen LogP contribution in [-0.2, 0) is 6.54 Å². The average molecular weight is 223 g/mol. The maximum atomic E-state index is 10.4. The number of nitrogens with zero attached hydrogens (tertiary/aromatic N) is 1. The van der Waals surface area contributed by atoms with Crippen LogP contribution in [0.2, 0.25) is 0 Å². The first-order valence-corrected chi connectivity index (χ1v) is 5.10. The number of hydrogen-bond donors (Lipinski definition) is 3. The Labute approximate surface area is 89.5 Å². The zero-order valence-electron chi connectivity index (χ0n) is 7.73. The molecule has 2 aromatic rings. The summed E-state index contributed by atoms with van der Waals surface area (Å²) in [6.45, 7) is 0.468. The lowest BCUT2D eigenvalue weighted by Crippen LogP contribution is -2.06. The van der Waals surface area contributed by atoms with Gasteiger partial charge in [-0.05, 0) is 17.7 Å². The van der Waals surface area contributed by atoms with Crippen LogP contribution in [0, 0.1) is 0 Å². The van der Waals surface area contributed by atoms with Crippen LogP contribution in [0.25, 0.3) is 10.2 Å². The Hall–Kier alpha value is -1.66. The summed E-state index contributed by atoms with van der Waals surface area (Å²) in [5.74, 6) is 0. The number of amides is 1. The van der Waals surface area contributed by atoms with Crippen molar-refractivity contribution >= 4 is 32.8 Å². The summed E-state index contributed by atoms with van der Waals surface area (Å²) in [4.78, 5) is 14.5. The van der Waals surface area contributed by atoms with Gasteiger partial charge in [-0.25, -0.2) is 9.78 Å². The van der Waals surface area contributed by atoms with Crippen molar-refractivity contribution in [2.75, 3.05) is 5.32 Å². The molecule has 0 aliphatic heterocycles.